The number of esters is 1. The van der Waals surface area contributed by atoms with E-state index in [1.54, 1.807) is 12.1 Å². The SMILES string of the molecule is O=C(O)C[C@@H]1[C@@H](C=CCCCCOCCO)[C@H](OC(=O)c2ccc(-c3ccccc3)cc2)C[C@@H]1O. The van der Waals surface area contributed by atoms with E-state index in [1.807, 2.05) is 54.6 Å². The molecule has 3 N–H and O–H groups in total. The molecule has 2 aromatic rings. The molecule has 7 nitrogen and oxygen atoms in total. The maximum absolute atomic E-state index is 12.9. The lowest BCUT2D eigenvalue weighted by Crippen LogP contribution is -2.26. The van der Waals surface area contributed by atoms with E-state index < -0.39 is 30.1 Å². The minimum Gasteiger partial charge on any atom is -0.481 e. The van der Waals surface area contributed by atoms with Crippen molar-refractivity contribution in [2.45, 2.75) is 44.3 Å². The van der Waals surface area contributed by atoms with Crippen LogP contribution in [0.2, 0.25) is 0 Å². The topological polar surface area (TPSA) is 113 Å². The van der Waals surface area contributed by atoms with Gasteiger partial charge < -0.3 is 24.8 Å². The largest absolute Gasteiger partial charge is 0.481 e. The zero-order valence-electron chi connectivity index (χ0n) is 19.8. The maximum Gasteiger partial charge on any atom is 0.338 e. The molecule has 2 aromatic carbocycles. The van der Waals surface area contributed by atoms with Gasteiger partial charge in [-0.3, -0.25) is 4.79 Å². The zero-order valence-corrected chi connectivity index (χ0v) is 19.8. The number of aliphatic carboxylic acids is 1. The lowest BCUT2D eigenvalue weighted by Gasteiger charge is -2.21. The Morgan fingerprint density at radius 1 is 0.971 bits per heavy atom. The molecule has 0 aliphatic heterocycles. The molecule has 0 amide bonds. The Hall–Kier alpha value is -3.00. The monoisotopic (exact) mass is 482 g/mol. The molecule has 0 saturated heterocycles. The number of unbranched alkanes of at least 4 members (excludes halogenated alkanes) is 2. The van der Waals surface area contributed by atoms with Gasteiger partial charge in [0.1, 0.15) is 6.10 Å². The van der Waals surface area contributed by atoms with Gasteiger partial charge in [-0.05, 0) is 42.5 Å². The first-order chi connectivity index (χ1) is 17.0. The van der Waals surface area contributed by atoms with E-state index in [4.69, 9.17) is 14.6 Å². The highest BCUT2D eigenvalue weighted by atomic mass is 16.5. The second-order valence-electron chi connectivity index (χ2n) is 8.79. The Morgan fingerprint density at radius 2 is 1.69 bits per heavy atom. The number of hydrogen-bond donors (Lipinski definition) is 3. The number of carboxylic acid groups (broad SMARTS) is 1. The van der Waals surface area contributed by atoms with Crippen molar-refractivity contribution >= 4 is 11.9 Å². The predicted molar refractivity (Wildman–Crippen MR) is 132 cm³/mol. The highest BCUT2D eigenvalue weighted by molar-refractivity contribution is 5.90. The van der Waals surface area contributed by atoms with Crippen LogP contribution in [0.3, 0.4) is 0 Å². The fraction of sp³-hybridized carbons (Fsp3) is 0.429. The molecule has 1 aliphatic carbocycles. The van der Waals surface area contributed by atoms with Crippen LogP contribution in [0.15, 0.2) is 66.7 Å². The van der Waals surface area contributed by atoms with E-state index in [2.05, 4.69) is 0 Å². The number of carbonyl (C=O) groups is 2. The number of allylic oxidation sites excluding steroid dienone is 1. The summed E-state index contributed by atoms with van der Waals surface area (Å²) in [6, 6.07) is 17.0. The number of aliphatic hydroxyl groups excluding tert-OH is 2. The molecule has 0 spiro atoms. The Morgan fingerprint density at radius 3 is 2.37 bits per heavy atom. The highest BCUT2D eigenvalue weighted by Gasteiger charge is 2.44. The van der Waals surface area contributed by atoms with Crippen LogP contribution >= 0.6 is 0 Å². The van der Waals surface area contributed by atoms with Gasteiger partial charge in [-0.1, -0.05) is 54.6 Å². The molecule has 1 fully saturated rings. The number of carboxylic acids is 1. The Balaban J connectivity index is 1.62. The van der Waals surface area contributed by atoms with E-state index in [0.29, 0.717) is 18.8 Å². The molecule has 4 atom stereocenters. The van der Waals surface area contributed by atoms with Crippen molar-refractivity contribution in [1.29, 1.82) is 0 Å². The van der Waals surface area contributed by atoms with Gasteiger partial charge in [0.05, 0.1) is 31.3 Å². The number of ether oxygens (including phenoxy) is 2. The van der Waals surface area contributed by atoms with Crippen LogP contribution in [-0.2, 0) is 14.3 Å². The van der Waals surface area contributed by atoms with Crippen molar-refractivity contribution in [3.05, 3.63) is 72.3 Å². The third kappa shape index (κ3) is 8.02. The zero-order chi connectivity index (χ0) is 25.0. The molecular formula is C28H34O7. The fourth-order valence-corrected chi connectivity index (χ4v) is 4.49. The highest BCUT2D eigenvalue weighted by Crippen LogP contribution is 2.38. The van der Waals surface area contributed by atoms with Gasteiger partial charge in [-0.25, -0.2) is 4.79 Å². The molecule has 0 heterocycles. The summed E-state index contributed by atoms with van der Waals surface area (Å²) < 4.78 is 11.0. The van der Waals surface area contributed by atoms with Gasteiger partial charge in [-0.2, -0.15) is 0 Å². The third-order valence-electron chi connectivity index (χ3n) is 6.29. The summed E-state index contributed by atoms with van der Waals surface area (Å²) in [5, 5.41) is 28.6. The molecule has 0 unspecified atom stereocenters. The van der Waals surface area contributed by atoms with Crippen LogP contribution in [0, 0.1) is 11.8 Å². The number of hydrogen-bond acceptors (Lipinski definition) is 6. The fourth-order valence-electron chi connectivity index (χ4n) is 4.49. The second kappa shape index (κ2) is 13.8. The summed E-state index contributed by atoms with van der Waals surface area (Å²) in [7, 11) is 0. The van der Waals surface area contributed by atoms with Gasteiger partial charge in [0.2, 0.25) is 0 Å². The van der Waals surface area contributed by atoms with Crippen molar-refractivity contribution in [2.24, 2.45) is 11.8 Å². The van der Waals surface area contributed by atoms with E-state index in [9.17, 15) is 19.8 Å². The number of aliphatic hydroxyl groups is 2. The summed E-state index contributed by atoms with van der Waals surface area (Å²) in [4.78, 5) is 24.2. The van der Waals surface area contributed by atoms with Gasteiger partial charge in [-0.15, -0.1) is 0 Å². The normalized spacial score (nSPS) is 21.9. The summed E-state index contributed by atoms with van der Waals surface area (Å²) in [5.41, 5.74) is 2.45. The molecule has 0 radical (unpaired) electrons. The first-order valence-corrected chi connectivity index (χ1v) is 12.1. The molecule has 1 aliphatic rings. The van der Waals surface area contributed by atoms with Crippen LogP contribution in [0.1, 0.15) is 42.5 Å². The average Bonchev–Trinajstić information content (AvgIpc) is 3.14. The maximum atomic E-state index is 12.9. The predicted octanol–water partition coefficient (Wildman–Crippen LogP) is 4.09. The molecule has 0 aromatic heterocycles. The lowest BCUT2D eigenvalue weighted by molar-refractivity contribution is -0.139. The summed E-state index contributed by atoms with van der Waals surface area (Å²) in [5.74, 6) is -2.37. The molecule has 0 bridgehead atoms. The smallest absolute Gasteiger partial charge is 0.338 e. The quantitative estimate of drug-likeness (QED) is 0.224. The molecular weight excluding hydrogens is 448 g/mol. The number of rotatable bonds is 13. The van der Waals surface area contributed by atoms with E-state index in [1.165, 1.54) is 0 Å². The standard InChI is InChI=1S/C28H34O7/c29-15-17-34-16-7-2-1-6-10-23-24(18-27(31)32)25(30)19-26(23)35-28(33)22-13-11-21(12-14-22)20-8-4-3-5-9-20/h3-6,8-14,23-26,29-30H,1-2,7,15-19H2,(H,31,32)/t23-,24-,25+,26-/m1/s1. The first kappa shape index (κ1) is 26.6. The van der Waals surface area contributed by atoms with Gasteiger partial charge in [0.25, 0.3) is 0 Å². The summed E-state index contributed by atoms with van der Waals surface area (Å²) in [6.07, 6.45) is 4.88. The average molecular weight is 483 g/mol. The number of carbonyl (C=O) groups excluding carboxylic acids is 1. The van der Waals surface area contributed by atoms with Crippen LogP contribution < -0.4 is 0 Å². The minimum absolute atomic E-state index is 0.00611. The van der Waals surface area contributed by atoms with Crippen molar-refractivity contribution in [3.63, 3.8) is 0 Å². The van der Waals surface area contributed by atoms with Crippen molar-refractivity contribution in [3.8, 4) is 11.1 Å². The second-order valence-corrected chi connectivity index (χ2v) is 8.79. The van der Waals surface area contributed by atoms with Crippen LogP contribution in [0.4, 0.5) is 0 Å². The Kier molecular flexibility index (Phi) is 10.5. The Bertz CT molecular complexity index is 955. The molecule has 35 heavy (non-hydrogen) atoms. The van der Waals surface area contributed by atoms with Crippen molar-refractivity contribution in [1.82, 2.24) is 0 Å². The number of benzene rings is 2. The summed E-state index contributed by atoms with van der Waals surface area (Å²) >= 11 is 0. The minimum atomic E-state index is -0.989. The van der Waals surface area contributed by atoms with Gasteiger partial charge in [0.15, 0.2) is 0 Å². The summed E-state index contributed by atoms with van der Waals surface area (Å²) in [6.45, 7) is 0.905. The van der Waals surface area contributed by atoms with Crippen LogP contribution in [-0.4, -0.2) is 59.3 Å². The molecule has 188 valence electrons. The van der Waals surface area contributed by atoms with E-state index in [-0.39, 0.29) is 25.4 Å². The molecule has 3 rings (SSSR count). The van der Waals surface area contributed by atoms with E-state index >= 15 is 0 Å². The van der Waals surface area contributed by atoms with Gasteiger partial charge in [0, 0.05) is 24.9 Å². The molecule has 1 saturated carbocycles. The lowest BCUT2D eigenvalue weighted by atomic mass is 9.90. The third-order valence-corrected chi connectivity index (χ3v) is 6.29. The van der Waals surface area contributed by atoms with Crippen LogP contribution in [0.25, 0.3) is 11.1 Å². The first-order valence-electron chi connectivity index (χ1n) is 12.1. The Labute approximate surface area is 206 Å². The van der Waals surface area contributed by atoms with Gasteiger partial charge >= 0.3 is 11.9 Å². The van der Waals surface area contributed by atoms with Crippen molar-refractivity contribution in [2.75, 3.05) is 19.8 Å². The van der Waals surface area contributed by atoms with E-state index in [0.717, 1.165) is 30.4 Å². The van der Waals surface area contributed by atoms with Crippen molar-refractivity contribution < 1.29 is 34.4 Å². The molecule has 7 heteroatoms. The van der Waals surface area contributed by atoms with Crippen LogP contribution in [0.5, 0.6) is 0 Å².